The molecule has 2 N–H and O–H groups in total. The Morgan fingerprint density at radius 1 is 1.03 bits per heavy atom. The standard InChI is InChI=1S/C19H25N5O5S/c1-3-28-15-6-5-14(13-16(15)29-4-2)30(26,27)24-11-9-23(10-12-24)19(25)17-18(20)22-8-7-21-17/h5-8,13H,3-4,9-12H2,1-2H3,(H2,20,22). The molecule has 0 unspecified atom stereocenters. The average Bonchev–Trinajstić information content (AvgIpc) is 2.75. The summed E-state index contributed by atoms with van der Waals surface area (Å²) in [4.78, 5) is 22.1. The molecule has 162 valence electrons. The van der Waals surface area contributed by atoms with E-state index < -0.39 is 10.0 Å². The number of sulfonamides is 1. The number of hydrogen-bond donors (Lipinski definition) is 1. The zero-order chi connectivity index (χ0) is 21.7. The maximum absolute atomic E-state index is 13.1. The van der Waals surface area contributed by atoms with E-state index in [1.54, 1.807) is 6.07 Å². The van der Waals surface area contributed by atoms with E-state index in [0.717, 1.165) is 0 Å². The summed E-state index contributed by atoms with van der Waals surface area (Å²) in [6.07, 6.45) is 2.80. The van der Waals surface area contributed by atoms with Crippen LogP contribution in [0.1, 0.15) is 24.3 Å². The van der Waals surface area contributed by atoms with Gasteiger partial charge in [0.25, 0.3) is 5.91 Å². The van der Waals surface area contributed by atoms with E-state index in [4.69, 9.17) is 15.2 Å². The van der Waals surface area contributed by atoms with Gasteiger partial charge in [-0.05, 0) is 26.0 Å². The molecule has 1 aromatic carbocycles. The van der Waals surface area contributed by atoms with Crippen LogP contribution in [0.15, 0.2) is 35.5 Å². The fraction of sp³-hybridized carbons (Fsp3) is 0.421. The number of aromatic nitrogens is 2. The minimum atomic E-state index is -3.75. The first-order valence-electron chi connectivity index (χ1n) is 9.64. The first kappa shape index (κ1) is 21.8. The molecule has 1 aliphatic heterocycles. The number of anilines is 1. The van der Waals surface area contributed by atoms with Crippen molar-refractivity contribution in [3.8, 4) is 11.5 Å². The minimum Gasteiger partial charge on any atom is -0.490 e. The van der Waals surface area contributed by atoms with Crippen LogP contribution in [0.25, 0.3) is 0 Å². The molecule has 0 bridgehead atoms. The zero-order valence-electron chi connectivity index (χ0n) is 16.9. The number of amides is 1. The Balaban J connectivity index is 1.74. The molecule has 11 heteroatoms. The molecule has 0 aliphatic carbocycles. The molecule has 2 heterocycles. The van der Waals surface area contributed by atoms with Crippen molar-refractivity contribution in [1.82, 2.24) is 19.2 Å². The van der Waals surface area contributed by atoms with E-state index in [1.165, 1.54) is 33.7 Å². The Morgan fingerprint density at radius 2 is 1.67 bits per heavy atom. The van der Waals surface area contributed by atoms with Crippen molar-refractivity contribution in [1.29, 1.82) is 0 Å². The van der Waals surface area contributed by atoms with Crippen molar-refractivity contribution in [3.05, 3.63) is 36.3 Å². The van der Waals surface area contributed by atoms with Crippen molar-refractivity contribution in [2.24, 2.45) is 0 Å². The Kier molecular flexibility index (Phi) is 6.73. The number of benzene rings is 1. The highest BCUT2D eigenvalue weighted by molar-refractivity contribution is 7.89. The lowest BCUT2D eigenvalue weighted by Crippen LogP contribution is -2.50. The van der Waals surface area contributed by atoms with Gasteiger partial charge >= 0.3 is 0 Å². The normalized spacial score (nSPS) is 15.1. The minimum absolute atomic E-state index is 0.0513. The third kappa shape index (κ3) is 4.46. The molecule has 1 saturated heterocycles. The molecule has 0 atom stereocenters. The summed E-state index contributed by atoms with van der Waals surface area (Å²) < 4.78 is 38.6. The van der Waals surface area contributed by atoms with Gasteiger partial charge in [-0.25, -0.2) is 18.4 Å². The SMILES string of the molecule is CCOc1ccc(S(=O)(=O)N2CCN(C(=O)c3nccnc3N)CC2)cc1OCC. The van der Waals surface area contributed by atoms with Gasteiger partial charge in [0.2, 0.25) is 10.0 Å². The van der Waals surface area contributed by atoms with Gasteiger partial charge in [-0.2, -0.15) is 4.31 Å². The third-order valence-corrected chi connectivity index (χ3v) is 6.50. The van der Waals surface area contributed by atoms with Crippen LogP contribution in [-0.2, 0) is 10.0 Å². The number of rotatable bonds is 7. The molecular weight excluding hydrogens is 410 g/mol. The molecule has 1 fully saturated rings. The lowest BCUT2D eigenvalue weighted by molar-refractivity contribution is 0.0692. The lowest BCUT2D eigenvalue weighted by atomic mass is 10.3. The highest BCUT2D eigenvalue weighted by Crippen LogP contribution is 2.31. The van der Waals surface area contributed by atoms with Gasteiger partial charge in [0.15, 0.2) is 23.0 Å². The highest BCUT2D eigenvalue weighted by Gasteiger charge is 2.32. The molecule has 2 aromatic rings. The maximum atomic E-state index is 13.1. The molecule has 1 aromatic heterocycles. The van der Waals surface area contributed by atoms with E-state index in [1.807, 2.05) is 13.8 Å². The number of nitrogens with two attached hydrogens (primary N) is 1. The molecule has 0 radical (unpaired) electrons. The summed E-state index contributed by atoms with van der Waals surface area (Å²) in [6, 6.07) is 4.57. The van der Waals surface area contributed by atoms with E-state index in [-0.39, 0.29) is 48.5 Å². The van der Waals surface area contributed by atoms with Crippen LogP contribution in [0.5, 0.6) is 11.5 Å². The highest BCUT2D eigenvalue weighted by atomic mass is 32.2. The number of carbonyl (C=O) groups is 1. The number of nitrogens with zero attached hydrogens (tertiary/aromatic N) is 4. The second kappa shape index (κ2) is 9.26. The number of piperazine rings is 1. The Hall–Kier alpha value is -2.92. The Labute approximate surface area is 175 Å². The van der Waals surface area contributed by atoms with Gasteiger partial charge < -0.3 is 20.1 Å². The number of nitrogen functional groups attached to an aromatic ring is 1. The number of hydrogen-bond acceptors (Lipinski definition) is 8. The first-order valence-corrected chi connectivity index (χ1v) is 11.1. The molecule has 0 saturated carbocycles. The van der Waals surface area contributed by atoms with Crippen LogP contribution in [0.2, 0.25) is 0 Å². The number of carbonyl (C=O) groups excluding carboxylic acids is 1. The van der Waals surface area contributed by atoms with Crippen molar-refractivity contribution in [3.63, 3.8) is 0 Å². The topological polar surface area (TPSA) is 128 Å². The summed E-state index contributed by atoms with van der Waals surface area (Å²) in [6.45, 7) is 5.25. The van der Waals surface area contributed by atoms with E-state index >= 15 is 0 Å². The van der Waals surface area contributed by atoms with Crippen LogP contribution < -0.4 is 15.2 Å². The second-order valence-corrected chi connectivity index (χ2v) is 8.40. The first-order chi connectivity index (χ1) is 14.4. The van der Waals surface area contributed by atoms with Crippen LogP contribution in [0.4, 0.5) is 5.82 Å². The van der Waals surface area contributed by atoms with Crippen molar-refractivity contribution < 1.29 is 22.7 Å². The fourth-order valence-electron chi connectivity index (χ4n) is 3.14. The average molecular weight is 436 g/mol. The Morgan fingerprint density at radius 3 is 2.30 bits per heavy atom. The van der Waals surface area contributed by atoms with Crippen molar-refractivity contribution >= 4 is 21.7 Å². The maximum Gasteiger partial charge on any atom is 0.276 e. The molecule has 30 heavy (non-hydrogen) atoms. The van der Waals surface area contributed by atoms with Gasteiger partial charge in [0.05, 0.1) is 18.1 Å². The quantitative estimate of drug-likeness (QED) is 0.682. The van der Waals surface area contributed by atoms with Crippen molar-refractivity contribution in [2.45, 2.75) is 18.7 Å². The summed E-state index contributed by atoms with van der Waals surface area (Å²) in [5.74, 6) is 0.565. The monoisotopic (exact) mass is 435 g/mol. The predicted molar refractivity (Wildman–Crippen MR) is 110 cm³/mol. The van der Waals surface area contributed by atoms with Gasteiger partial charge in [-0.1, -0.05) is 0 Å². The summed E-state index contributed by atoms with van der Waals surface area (Å²) in [5, 5.41) is 0. The Bertz CT molecular complexity index is 1010. The van der Waals surface area contributed by atoms with E-state index in [0.29, 0.717) is 24.7 Å². The summed E-state index contributed by atoms with van der Waals surface area (Å²) >= 11 is 0. The van der Waals surface area contributed by atoms with Gasteiger partial charge in [0.1, 0.15) is 0 Å². The molecular formula is C19H25N5O5S. The third-order valence-electron chi connectivity index (χ3n) is 4.61. The van der Waals surface area contributed by atoms with Crippen LogP contribution >= 0.6 is 0 Å². The molecule has 1 amide bonds. The second-order valence-electron chi connectivity index (χ2n) is 6.46. The smallest absolute Gasteiger partial charge is 0.276 e. The molecule has 10 nitrogen and oxygen atoms in total. The van der Waals surface area contributed by atoms with Gasteiger partial charge in [0, 0.05) is 44.6 Å². The van der Waals surface area contributed by atoms with Crippen LogP contribution in [0.3, 0.4) is 0 Å². The lowest BCUT2D eigenvalue weighted by Gasteiger charge is -2.34. The largest absolute Gasteiger partial charge is 0.490 e. The van der Waals surface area contributed by atoms with E-state index in [9.17, 15) is 13.2 Å². The molecule has 3 rings (SSSR count). The molecule has 1 aliphatic rings. The summed E-state index contributed by atoms with van der Waals surface area (Å²) in [7, 11) is -3.75. The number of ether oxygens (including phenoxy) is 2. The molecule has 0 spiro atoms. The zero-order valence-corrected chi connectivity index (χ0v) is 17.8. The van der Waals surface area contributed by atoms with Crippen molar-refractivity contribution in [2.75, 3.05) is 45.1 Å². The summed E-state index contributed by atoms with van der Waals surface area (Å²) in [5.41, 5.74) is 5.79. The van der Waals surface area contributed by atoms with Crippen LogP contribution in [-0.4, -0.2) is 72.9 Å². The van der Waals surface area contributed by atoms with Crippen LogP contribution in [0, 0.1) is 0 Å². The fourth-order valence-corrected chi connectivity index (χ4v) is 4.57. The van der Waals surface area contributed by atoms with Gasteiger partial charge in [-0.15, -0.1) is 0 Å². The van der Waals surface area contributed by atoms with Gasteiger partial charge in [-0.3, -0.25) is 4.79 Å². The predicted octanol–water partition coefficient (Wildman–Crippen LogP) is 1.00. The van der Waals surface area contributed by atoms with E-state index in [2.05, 4.69) is 9.97 Å².